The van der Waals surface area contributed by atoms with Gasteiger partial charge in [-0.05, 0) is 23.6 Å². The van der Waals surface area contributed by atoms with Crippen LogP contribution in [0.25, 0.3) is 10.8 Å². The fourth-order valence-corrected chi connectivity index (χ4v) is 1.06. The smallest absolute Gasteiger partial charge is 0.179 e. The summed E-state index contributed by atoms with van der Waals surface area (Å²) >= 11 is 0. The molecule has 11 heavy (non-hydrogen) atoms. The van der Waals surface area contributed by atoms with Gasteiger partial charge < -0.3 is 0 Å². The van der Waals surface area contributed by atoms with Gasteiger partial charge in [-0.1, -0.05) is 6.07 Å². The second kappa shape index (κ2) is 2.23. The number of fused-ring (bicyclic) bond motifs is 1. The van der Waals surface area contributed by atoms with Crippen molar-refractivity contribution < 1.29 is 5.11 Å². The highest BCUT2D eigenvalue weighted by atomic mass is 16.3. The van der Waals surface area contributed by atoms with Crippen molar-refractivity contribution in [3.8, 4) is 5.75 Å². The molecule has 2 nitrogen and oxygen atoms in total. The predicted molar refractivity (Wildman–Crippen MR) is 41.9 cm³/mol. The zero-order valence-electron chi connectivity index (χ0n) is 5.82. The Hall–Kier alpha value is -1.57. The van der Waals surface area contributed by atoms with Crippen molar-refractivity contribution in [2.24, 2.45) is 0 Å². The van der Waals surface area contributed by atoms with E-state index in [2.05, 4.69) is 4.98 Å². The number of benzene rings is 1. The molecule has 0 aliphatic carbocycles. The number of hydrogen-bond acceptors (Lipinski definition) is 1. The summed E-state index contributed by atoms with van der Waals surface area (Å²) in [4.78, 5) is 3.92. The Labute approximate surface area is 64.1 Å². The first kappa shape index (κ1) is 6.16. The van der Waals surface area contributed by atoms with Gasteiger partial charge in [-0.2, -0.15) is 0 Å². The van der Waals surface area contributed by atoms with E-state index in [0.29, 0.717) is 0 Å². The molecule has 0 fully saturated rings. The van der Waals surface area contributed by atoms with Gasteiger partial charge in [0.15, 0.2) is 5.75 Å². The monoisotopic (exact) mass is 144 g/mol. The van der Waals surface area contributed by atoms with Crippen LogP contribution in [0.3, 0.4) is 0 Å². The minimum Gasteiger partial charge on any atom is -0.290 e. The van der Waals surface area contributed by atoms with E-state index in [1.807, 2.05) is 6.07 Å². The number of nitrogens with zero attached hydrogens (tertiary/aromatic N) is 1. The standard InChI is InChI=1S/C9H6NO/c11-9-2-1-7-3-4-10-6-8(7)5-9/h1-6H. The molecule has 1 radical (unpaired) electrons. The Bertz CT molecular complexity index is 384. The van der Waals surface area contributed by atoms with E-state index < -0.39 is 0 Å². The molecule has 0 aliphatic heterocycles. The number of rotatable bonds is 0. The molecule has 2 aromatic rings. The number of hydrogen-bond donors (Lipinski definition) is 0. The van der Waals surface area contributed by atoms with Gasteiger partial charge in [0.05, 0.1) is 0 Å². The molecule has 0 aliphatic rings. The average Bonchev–Trinajstić information content (AvgIpc) is 2.04. The molecule has 0 unspecified atom stereocenters. The van der Waals surface area contributed by atoms with E-state index in [1.165, 1.54) is 0 Å². The number of pyridine rings is 1. The lowest BCUT2D eigenvalue weighted by Crippen LogP contribution is -1.72. The molecule has 2 rings (SSSR count). The molecular weight excluding hydrogens is 138 g/mol. The van der Waals surface area contributed by atoms with Crippen molar-refractivity contribution in [1.29, 1.82) is 0 Å². The lowest BCUT2D eigenvalue weighted by Gasteiger charge is -1.93. The van der Waals surface area contributed by atoms with Crippen molar-refractivity contribution in [3.05, 3.63) is 36.7 Å². The quantitative estimate of drug-likeness (QED) is 0.558. The van der Waals surface area contributed by atoms with Crippen LogP contribution in [0.2, 0.25) is 0 Å². The van der Waals surface area contributed by atoms with Gasteiger partial charge in [0.1, 0.15) is 0 Å². The third-order valence-corrected chi connectivity index (χ3v) is 1.61. The summed E-state index contributed by atoms with van der Waals surface area (Å²) in [6, 6.07) is 6.83. The fraction of sp³-hybridized carbons (Fsp3) is 0. The Morgan fingerprint density at radius 3 is 2.91 bits per heavy atom. The normalized spacial score (nSPS) is 10.2. The van der Waals surface area contributed by atoms with E-state index in [1.54, 1.807) is 30.6 Å². The molecule has 0 amide bonds. The summed E-state index contributed by atoms with van der Waals surface area (Å²) in [7, 11) is 0. The first-order valence-electron chi connectivity index (χ1n) is 3.37. The van der Waals surface area contributed by atoms with Crippen LogP contribution in [-0.2, 0) is 5.11 Å². The summed E-state index contributed by atoms with van der Waals surface area (Å²) in [5.41, 5.74) is 0. The molecule has 0 bridgehead atoms. The highest BCUT2D eigenvalue weighted by Gasteiger charge is 1.93. The lowest BCUT2D eigenvalue weighted by molar-refractivity contribution is 0.355. The van der Waals surface area contributed by atoms with E-state index >= 15 is 0 Å². The van der Waals surface area contributed by atoms with Crippen LogP contribution in [0.15, 0.2) is 36.7 Å². The third kappa shape index (κ3) is 1.03. The summed E-state index contributed by atoms with van der Waals surface area (Å²) in [5, 5.41) is 12.8. The van der Waals surface area contributed by atoms with Gasteiger partial charge in [-0.25, -0.2) is 0 Å². The zero-order valence-corrected chi connectivity index (χ0v) is 5.82. The van der Waals surface area contributed by atoms with Crippen LogP contribution in [0, 0.1) is 0 Å². The van der Waals surface area contributed by atoms with Crippen molar-refractivity contribution in [1.82, 2.24) is 4.98 Å². The molecule has 1 aromatic carbocycles. The maximum atomic E-state index is 10.9. The van der Waals surface area contributed by atoms with Gasteiger partial charge in [-0.15, -0.1) is 0 Å². The Morgan fingerprint density at radius 2 is 2.00 bits per heavy atom. The molecular formula is C9H6NO. The Balaban J connectivity index is 2.83. The first-order valence-corrected chi connectivity index (χ1v) is 3.37. The van der Waals surface area contributed by atoms with Crippen molar-refractivity contribution in [2.45, 2.75) is 0 Å². The minimum absolute atomic E-state index is 0.0329. The molecule has 0 spiro atoms. The first-order chi connectivity index (χ1) is 5.36. The van der Waals surface area contributed by atoms with E-state index in [9.17, 15) is 5.11 Å². The second-order valence-corrected chi connectivity index (χ2v) is 2.38. The Kier molecular flexibility index (Phi) is 1.25. The van der Waals surface area contributed by atoms with Crippen LogP contribution in [0.4, 0.5) is 0 Å². The van der Waals surface area contributed by atoms with Gasteiger partial charge >= 0.3 is 0 Å². The summed E-state index contributed by atoms with van der Waals surface area (Å²) in [6.07, 6.45) is 3.41. The Morgan fingerprint density at radius 1 is 1.09 bits per heavy atom. The average molecular weight is 144 g/mol. The largest absolute Gasteiger partial charge is 0.290 e. The maximum absolute atomic E-state index is 10.9. The van der Waals surface area contributed by atoms with Gasteiger partial charge in [-0.3, -0.25) is 10.1 Å². The molecule has 0 atom stereocenters. The van der Waals surface area contributed by atoms with E-state index in [0.717, 1.165) is 10.8 Å². The van der Waals surface area contributed by atoms with Gasteiger partial charge in [0.25, 0.3) is 0 Å². The molecule has 0 saturated heterocycles. The fourth-order valence-electron chi connectivity index (χ4n) is 1.06. The van der Waals surface area contributed by atoms with Crippen LogP contribution < -0.4 is 0 Å². The summed E-state index contributed by atoms with van der Waals surface area (Å²) in [6.45, 7) is 0. The summed E-state index contributed by atoms with van der Waals surface area (Å²) in [5.74, 6) is 0.0329. The minimum atomic E-state index is 0.0329. The SMILES string of the molecule is [O]c1ccc2ccncc2c1. The molecule has 0 saturated carbocycles. The van der Waals surface area contributed by atoms with Crippen LogP contribution >= 0.6 is 0 Å². The maximum Gasteiger partial charge on any atom is 0.179 e. The van der Waals surface area contributed by atoms with Gasteiger partial charge in [0.2, 0.25) is 0 Å². The van der Waals surface area contributed by atoms with E-state index in [-0.39, 0.29) is 5.75 Å². The van der Waals surface area contributed by atoms with Crippen molar-refractivity contribution >= 4 is 10.8 Å². The number of aromatic nitrogens is 1. The zero-order chi connectivity index (χ0) is 7.68. The highest BCUT2D eigenvalue weighted by Crippen LogP contribution is 2.18. The summed E-state index contributed by atoms with van der Waals surface area (Å²) < 4.78 is 0. The predicted octanol–water partition coefficient (Wildman–Crippen LogP) is 2.38. The van der Waals surface area contributed by atoms with Crippen LogP contribution in [0.1, 0.15) is 0 Å². The third-order valence-electron chi connectivity index (χ3n) is 1.61. The highest BCUT2D eigenvalue weighted by molar-refractivity contribution is 5.82. The molecule has 0 N–H and O–H groups in total. The van der Waals surface area contributed by atoms with E-state index in [4.69, 9.17) is 0 Å². The van der Waals surface area contributed by atoms with Crippen molar-refractivity contribution in [2.75, 3.05) is 0 Å². The molecule has 2 heteroatoms. The molecule has 1 aromatic heterocycles. The topological polar surface area (TPSA) is 32.8 Å². The van der Waals surface area contributed by atoms with Crippen LogP contribution in [0.5, 0.6) is 5.75 Å². The molecule has 1 heterocycles. The second-order valence-electron chi connectivity index (χ2n) is 2.38. The van der Waals surface area contributed by atoms with Crippen LogP contribution in [-0.4, -0.2) is 4.98 Å². The molecule has 53 valence electrons. The van der Waals surface area contributed by atoms with Crippen molar-refractivity contribution in [3.63, 3.8) is 0 Å². The van der Waals surface area contributed by atoms with Gasteiger partial charge in [0, 0.05) is 17.8 Å². The lowest BCUT2D eigenvalue weighted by atomic mass is 10.2.